The molecule has 1 aliphatic heterocycles. The van der Waals surface area contributed by atoms with Crippen molar-refractivity contribution in [3.05, 3.63) is 33.2 Å². The Balaban J connectivity index is 1.58. The molecule has 118 valence electrons. The molecule has 0 bridgehead atoms. The van der Waals surface area contributed by atoms with E-state index in [1.165, 1.54) is 21.5 Å². The monoisotopic (exact) mass is 381 g/mol. The number of thiophene rings is 1. The Hall–Kier alpha value is -1.18. The maximum Gasteiger partial charge on any atom is 0.134 e. The van der Waals surface area contributed by atoms with Gasteiger partial charge in [-0.15, -0.1) is 11.3 Å². The second-order valence-corrected chi connectivity index (χ2v) is 7.89. The lowest BCUT2D eigenvalue weighted by molar-refractivity contribution is 0.573. The molecule has 2 aromatic heterocycles. The van der Waals surface area contributed by atoms with Crippen molar-refractivity contribution in [2.45, 2.75) is 25.4 Å². The maximum absolute atomic E-state index is 4.43. The summed E-state index contributed by atoms with van der Waals surface area (Å²) in [5.41, 5.74) is 0. The lowest BCUT2D eigenvalue weighted by atomic mass is 10.2. The summed E-state index contributed by atoms with van der Waals surface area (Å²) < 4.78 is 1.19. The van der Waals surface area contributed by atoms with Gasteiger partial charge in [-0.2, -0.15) is 0 Å². The lowest BCUT2D eigenvalue weighted by Gasteiger charge is -2.26. The van der Waals surface area contributed by atoms with E-state index in [1.54, 1.807) is 17.7 Å². The largest absolute Gasteiger partial charge is 0.373 e. The van der Waals surface area contributed by atoms with Gasteiger partial charge in [0.15, 0.2) is 0 Å². The van der Waals surface area contributed by atoms with E-state index in [9.17, 15) is 0 Å². The third-order valence-electron chi connectivity index (χ3n) is 3.89. The van der Waals surface area contributed by atoms with Gasteiger partial charge in [-0.25, -0.2) is 9.97 Å². The van der Waals surface area contributed by atoms with Crippen LogP contribution in [0, 0.1) is 0 Å². The fourth-order valence-electron chi connectivity index (χ4n) is 2.80. The van der Waals surface area contributed by atoms with Crippen molar-refractivity contribution in [2.75, 3.05) is 30.4 Å². The van der Waals surface area contributed by atoms with Gasteiger partial charge in [0.25, 0.3) is 0 Å². The molecule has 2 aromatic rings. The molecule has 3 heterocycles. The van der Waals surface area contributed by atoms with Crippen molar-refractivity contribution in [2.24, 2.45) is 0 Å². The summed E-state index contributed by atoms with van der Waals surface area (Å²) in [6.45, 7) is 2.97. The van der Waals surface area contributed by atoms with E-state index in [-0.39, 0.29) is 0 Å². The summed E-state index contributed by atoms with van der Waals surface area (Å²) in [4.78, 5) is 12.4. The molecule has 1 fully saturated rings. The molecule has 1 unspecified atom stereocenters. The molecular weight excluding hydrogens is 362 g/mol. The van der Waals surface area contributed by atoms with Crippen LogP contribution < -0.4 is 15.5 Å². The third-order valence-corrected chi connectivity index (χ3v) is 5.51. The highest BCUT2D eigenvalue weighted by Crippen LogP contribution is 2.25. The Kier molecular flexibility index (Phi) is 5.28. The average molecular weight is 382 g/mol. The number of nitrogens with one attached hydrogen (secondary N) is 2. The minimum Gasteiger partial charge on any atom is -0.373 e. The first kappa shape index (κ1) is 15.7. The number of rotatable bonds is 6. The highest BCUT2D eigenvalue weighted by atomic mass is 79.9. The van der Waals surface area contributed by atoms with Crippen molar-refractivity contribution in [3.63, 3.8) is 0 Å². The van der Waals surface area contributed by atoms with Gasteiger partial charge in [-0.1, -0.05) is 0 Å². The smallest absolute Gasteiger partial charge is 0.134 e. The summed E-state index contributed by atoms with van der Waals surface area (Å²) in [7, 11) is 1.88. The molecular formula is C15H20BrN5S. The van der Waals surface area contributed by atoms with Gasteiger partial charge >= 0.3 is 0 Å². The van der Waals surface area contributed by atoms with Gasteiger partial charge in [0.2, 0.25) is 0 Å². The number of aromatic nitrogens is 2. The van der Waals surface area contributed by atoms with Crippen LogP contribution in [0.1, 0.15) is 17.7 Å². The van der Waals surface area contributed by atoms with E-state index in [1.807, 2.05) is 13.1 Å². The predicted octanol–water partition coefficient (Wildman–Crippen LogP) is 3.10. The van der Waals surface area contributed by atoms with E-state index in [4.69, 9.17) is 0 Å². The molecule has 0 spiro atoms. The van der Waals surface area contributed by atoms with Crippen LogP contribution in [0.25, 0.3) is 0 Å². The van der Waals surface area contributed by atoms with E-state index in [0.29, 0.717) is 6.04 Å². The summed E-state index contributed by atoms with van der Waals surface area (Å²) in [6.07, 6.45) is 4.06. The van der Waals surface area contributed by atoms with Crippen LogP contribution in [-0.4, -0.2) is 36.1 Å². The van der Waals surface area contributed by atoms with E-state index < -0.39 is 0 Å². The first-order valence-electron chi connectivity index (χ1n) is 7.47. The van der Waals surface area contributed by atoms with Crippen molar-refractivity contribution in [1.29, 1.82) is 0 Å². The van der Waals surface area contributed by atoms with Gasteiger partial charge in [0.05, 0.1) is 3.79 Å². The van der Waals surface area contributed by atoms with Crippen LogP contribution in [0.2, 0.25) is 0 Å². The van der Waals surface area contributed by atoms with Crippen LogP contribution in [-0.2, 0) is 6.54 Å². The number of hydrogen-bond donors (Lipinski definition) is 2. The topological polar surface area (TPSA) is 53.1 Å². The molecule has 7 heteroatoms. The summed E-state index contributed by atoms with van der Waals surface area (Å²) >= 11 is 5.29. The Morgan fingerprint density at radius 3 is 3.09 bits per heavy atom. The van der Waals surface area contributed by atoms with Crippen molar-refractivity contribution < 1.29 is 0 Å². The second-order valence-electron chi connectivity index (χ2n) is 5.34. The molecule has 2 N–H and O–H groups in total. The minimum absolute atomic E-state index is 0.503. The molecule has 1 atom stereocenters. The zero-order chi connectivity index (χ0) is 15.4. The fourth-order valence-corrected chi connectivity index (χ4v) is 4.25. The van der Waals surface area contributed by atoms with Gasteiger partial charge in [-0.3, -0.25) is 0 Å². The second kappa shape index (κ2) is 7.39. The van der Waals surface area contributed by atoms with E-state index in [2.05, 4.69) is 53.6 Å². The maximum atomic E-state index is 4.43. The number of hydrogen-bond acceptors (Lipinski definition) is 6. The van der Waals surface area contributed by atoms with E-state index >= 15 is 0 Å². The predicted molar refractivity (Wildman–Crippen MR) is 95.7 cm³/mol. The number of halogens is 1. The molecule has 3 rings (SSSR count). The van der Waals surface area contributed by atoms with Crippen molar-refractivity contribution in [1.82, 2.24) is 15.3 Å². The van der Waals surface area contributed by atoms with Crippen molar-refractivity contribution in [3.8, 4) is 0 Å². The van der Waals surface area contributed by atoms with Crippen LogP contribution in [0.3, 0.4) is 0 Å². The average Bonchev–Trinajstić information content (AvgIpc) is 3.16. The molecule has 0 saturated carbocycles. The Morgan fingerprint density at radius 1 is 1.41 bits per heavy atom. The Labute approximate surface area is 143 Å². The van der Waals surface area contributed by atoms with Gasteiger partial charge < -0.3 is 15.5 Å². The van der Waals surface area contributed by atoms with Gasteiger partial charge in [0.1, 0.15) is 18.0 Å². The molecule has 1 saturated heterocycles. The lowest BCUT2D eigenvalue weighted by Crippen LogP contribution is -2.38. The molecule has 0 aromatic carbocycles. The van der Waals surface area contributed by atoms with Gasteiger partial charge in [-0.05, 0) is 40.9 Å². The summed E-state index contributed by atoms with van der Waals surface area (Å²) in [5, 5.41) is 6.65. The molecule has 22 heavy (non-hydrogen) atoms. The number of anilines is 2. The molecule has 0 aliphatic carbocycles. The Bertz CT molecular complexity index is 617. The van der Waals surface area contributed by atoms with Crippen LogP contribution in [0.4, 0.5) is 11.6 Å². The van der Waals surface area contributed by atoms with Crippen LogP contribution >= 0.6 is 27.3 Å². The summed E-state index contributed by atoms with van der Waals surface area (Å²) in [5.74, 6) is 1.88. The minimum atomic E-state index is 0.503. The molecule has 1 aliphatic rings. The SMILES string of the molecule is CNc1cc(N2CCCC2CNCc2ccc(Br)s2)ncn1. The van der Waals surface area contributed by atoms with Gasteiger partial charge in [0, 0.05) is 43.7 Å². The molecule has 0 radical (unpaired) electrons. The number of nitrogens with zero attached hydrogens (tertiary/aromatic N) is 3. The van der Waals surface area contributed by atoms with Crippen LogP contribution in [0.15, 0.2) is 28.3 Å². The third kappa shape index (κ3) is 3.77. The Morgan fingerprint density at radius 2 is 2.32 bits per heavy atom. The fraction of sp³-hybridized carbons (Fsp3) is 0.467. The highest BCUT2D eigenvalue weighted by molar-refractivity contribution is 9.11. The van der Waals surface area contributed by atoms with Crippen LogP contribution in [0.5, 0.6) is 0 Å². The zero-order valence-corrected chi connectivity index (χ0v) is 15.0. The van der Waals surface area contributed by atoms with Crippen molar-refractivity contribution >= 4 is 38.9 Å². The quantitative estimate of drug-likeness (QED) is 0.804. The van der Waals surface area contributed by atoms with E-state index in [0.717, 1.165) is 31.3 Å². The molecule has 5 nitrogen and oxygen atoms in total. The molecule has 0 amide bonds. The first-order chi connectivity index (χ1) is 10.8. The standard InChI is InChI=1S/C15H20BrN5S/c1-17-14-7-15(20-10-19-14)21-6-2-3-11(21)8-18-9-12-4-5-13(16)22-12/h4-5,7,10-11,18H,2-3,6,8-9H2,1H3,(H,17,19,20). The zero-order valence-electron chi connectivity index (χ0n) is 12.6. The highest BCUT2D eigenvalue weighted by Gasteiger charge is 2.25. The first-order valence-corrected chi connectivity index (χ1v) is 9.08. The normalized spacial score (nSPS) is 17.9. The summed E-state index contributed by atoms with van der Waals surface area (Å²) in [6, 6.07) is 6.79.